The fourth-order valence-corrected chi connectivity index (χ4v) is 3.84. The molecule has 1 fully saturated rings. The molecule has 0 spiro atoms. The van der Waals surface area contributed by atoms with Crippen LogP contribution in [0.1, 0.15) is 28.4 Å². The zero-order chi connectivity index (χ0) is 22.4. The number of ether oxygens (including phenoxy) is 2. The van der Waals surface area contributed by atoms with Gasteiger partial charge in [-0.1, -0.05) is 25.1 Å². The molecule has 1 aliphatic rings. The minimum absolute atomic E-state index is 0.0336. The lowest BCUT2D eigenvalue weighted by Gasteiger charge is -2.34. The number of amides is 2. The Bertz CT molecular complexity index is 911. The van der Waals surface area contributed by atoms with Crippen LogP contribution < -0.4 is 14.8 Å². The number of hydrogen-bond donors (Lipinski definition) is 1. The fraction of sp³-hybridized carbons (Fsp3) is 0.417. The lowest BCUT2D eigenvalue weighted by molar-refractivity contribution is -0.117. The number of carbonyl (C=O) groups is 2. The molecule has 2 aromatic carbocycles. The van der Waals surface area contributed by atoms with Crippen molar-refractivity contribution in [2.45, 2.75) is 20.3 Å². The van der Waals surface area contributed by atoms with Gasteiger partial charge in [0.05, 0.1) is 20.8 Å². The topological polar surface area (TPSA) is 71.1 Å². The first-order valence-electron chi connectivity index (χ1n) is 10.6. The fourth-order valence-electron chi connectivity index (χ4n) is 3.84. The van der Waals surface area contributed by atoms with Crippen LogP contribution in [0.25, 0.3) is 0 Å². The first-order chi connectivity index (χ1) is 15.0. The van der Waals surface area contributed by atoms with Crippen molar-refractivity contribution < 1.29 is 19.1 Å². The van der Waals surface area contributed by atoms with Crippen molar-refractivity contribution in [1.82, 2.24) is 9.80 Å². The second-order valence-corrected chi connectivity index (χ2v) is 7.63. The maximum absolute atomic E-state index is 13.0. The molecule has 1 N–H and O–H groups in total. The van der Waals surface area contributed by atoms with Crippen LogP contribution in [-0.4, -0.2) is 68.6 Å². The van der Waals surface area contributed by atoms with Gasteiger partial charge in [0, 0.05) is 43.0 Å². The van der Waals surface area contributed by atoms with Gasteiger partial charge in [0.15, 0.2) is 0 Å². The van der Waals surface area contributed by atoms with Crippen LogP contribution in [0.4, 0.5) is 5.69 Å². The molecule has 7 heteroatoms. The lowest BCUT2D eigenvalue weighted by atomic mass is 10.1. The lowest BCUT2D eigenvalue weighted by Crippen LogP contribution is -2.50. The summed E-state index contributed by atoms with van der Waals surface area (Å²) in [5.74, 6) is 1.17. The van der Waals surface area contributed by atoms with Crippen molar-refractivity contribution >= 4 is 17.5 Å². The highest BCUT2D eigenvalue weighted by Gasteiger charge is 2.25. The van der Waals surface area contributed by atoms with Gasteiger partial charge in [-0.3, -0.25) is 14.5 Å². The van der Waals surface area contributed by atoms with Crippen LogP contribution in [0.3, 0.4) is 0 Å². The molecule has 1 saturated heterocycles. The van der Waals surface area contributed by atoms with E-state index in [1.165, 1.54) is 0 Å². The minimum Gasteiger partial charge on any atom is -0.496 e. The Morgan fingerprint density at radius 1 is 1.00 bits per heavy atom. The Morgan fingerprint density at radius 3 is 2.19 bits per heavy atom. The Hall–Kier alpha value is -3.06. The summed E-state index contributed by atoms with van der Waals surface area (Å²) in [4.78, 5) is 29.4. The van der Waals surface area contributed by atoms with Crippen molar-refractivity contribution in [2.75, 3.05) is 52.3 Å². The maximum Gasteiger partial charge on any atom is 0.254 e. The molecule has 2 amide bonds. The summed E-state index contributed by atoms with van der Waals surface area (Å²) < 4.78 is 10.8. The molecule has 0 saturated carbocycles. The predicted octanol–water partition coefficient (Wildman–Crippen LogP) is 2.97. The van der Waals surface area contributed by atoms with Gasteiger partial charge < -0.3 is 19.7 Å². The van der Waals surface area contributed by atoms with E-state index in [-0.39, 0.29) is 11.8 Å². The maximum atomic E-state index is 13.0. The number of para-hydroxylation sites is 1. The molecule has 166 valence electrons. The van der Waals surface area contributed by atoms with Crippen molar-refractivity contribution in [2.24, 2.45) is 0 Å². The summed E-state index contributed by atoms with van der Waals surface area (Å²) in [6.45, 7) is 6.71. The number of hydrogen-bond acceptors (Lipinski definition) is 5. The molecule has 0 aliphatic carbocycles. The molecule has 0 bridgehead atoms. The summed E-state index contributed by atoms with van der Waals surface area (Å²) in [5, 5.41) is 3.01. The van der Waals surface area contributed by atoms with Gasteiger partial charge >= 0.3 is 0 Å². The highest BCUT2D eigenvalue weighted by atomic mass is 16.5. The number of nitrogens with one attached hydrogen (secondary N) is 1. The van der Waals surface area contributed by atoms with E-state index in [1.807, 2.05) is 36.1 Å². The van der Waals surface area contributed by atoms with Gasteiger partial charge in [-0.25, -0.2) is 0 Å². The molecule has 1 heterocycles. The van der Waals surface area contributed by atoms with E-state index in [4.69, 9.17) is 9.47 Å². The molecule has 2 aromatic rings. The Labute approximate surface area is 183 Å². The number of anilines is 1. The number of benzene rings is 2. The second kappa shape index (κ2) is 10.3. The van der Waals surface area contributed by atoms with Crippen LogP contribution >= 0.6 is 0 Å². The van der Waals surface area contributed by atoms with Crippen LogP contribution in [0.2, 0.25) is 0 Å². The average molecular weight is 426 g/mol. The third-order valence-electron chi connectivity index (χ3n) is 5.70. The first-order valence-corrected chi connectivity index (χ1v) is 10.6. The van der Waals surface area contributed by atoms with Crippen molar-refractivity contribution in [3.8, 4) is 11.5 Å². The van der Waals surface area contributed by atoms with Crippen LogP contribution in [-0.2, 0) is 11.2 Å². The quantitative estimate of drug-likeness (QED) is 0.739. The standard InChI is InChI=1S/C24H31N3O4/c1-5-18-8-6-7-9-20(18)25-23(28)16-26-10-12-27(13-11-26)24(29)19-14-21(30-3)17(2)22(15-19)31-4/h6-9,14-15H,5,10-13,16H2,1-4H3,(H,25,28). The smallest absolute Gasteiger partial charge is 0.254 e. The van der Waals surface area contributed by atoms with E-state index in [2.05, 4.69) is 17.1 Å². The van der Waals surface area contributed by atoms with Crippen LogP contribution in [0, 0.1) is 6.92 Å². The van der Waals surface area contributed by atoms with Gasteiger partial charge in [0.25, 0.3) is 5.91 Å². The van der Waals surface area contributed by atoms with E-state index < -0.39 is 0 Å². The molecule has 31 heavy (non-hydrogen) atoms. The monoisotopic (exact) mass is 425 g/mol. The summed E-state index contributed by atoms with van der Waals surface area (Å²) in [5.41, 5.74) is 3.39. The number of nitrogens with zero attached hydrogens (tertiary/aromatic N) is 2. The number of methoxy groups -OCH3 is 2. The van der Waals surface area contributed by atoms with Crippen molar-refractivity contribution in [3.05, 3.63) is 53.1 Å². The van der Waals surface area contributed by atoms with Gasteiger partial charge in [0.2, 0.25) is 5.91 Å². The largest absolute Gasteiger partial charge is 0.496 e. The Balaban J connectivity index is 1.57. The molecular weight excluding hydrogens is 394 g/mol. The zero-order valence-corrected chi connectivity index (χ0v) is 18.7. The number of rotatable bonds is 7. The van der Waals surface area contributed by atoms with E-state index in [0.29, 0.717) is 49.8 Å². The van der Waals surface area contributed by atoms with E-state index in [1.54, 1.807) is 26.4 Å². The summed E-state index contributed by atoms with van der Waals surface area (Å²) in [7, 11) is 3.16. The minimum atomic E-state index is -0.0578. The molecule has 3 rings (SSSR count). The highest BCUT2D eigenvalue weighted by molar-refractivity contribution is 5.95. The van der Waals surface area contributed by atoms with Crippen LogP contribution in [0.5, 0.6) is 11.5 Å². The number of aryl methyl sites for hydroxylation is 1. The van der Waals surface area contributed by atoms with E-state index in [9.17, 15) is 9.59 Å². The number of carbonyl (C=O) groups excluding carboxylic acids is 2. The van der Waals surface area contributed by atoms with Gasteiger partial charge in [0.1, 0.15) is 11.5 Å². The second-order valence-electron chi connectivity index (χ2n) is 7.63. The molecule has 7 nitrogen and oxygen atoms in total. The SMILES string of the molecule is CCc1ccccc1NC(=O)CN1CCN(C(=O)c2cc(OC)c(C)c(OC)c2)CC1. The molecule has 0 unspecified atom stereocenters. The van der Waals surface area contributed by atoms with Crippen molar-refractivity contribution in [3.63, 3.8) is 0 Å². The van der Waals surface area contributed by atoms with E-state index in [0.717, 1.165) is 23.2 Å². The molecule has 1 aliphatic heterocycles. The van der Waals surface area contributed by atoms with Gasteiger partial charge in [-0.2, -0.15) is 0 Å². The summed E-state index contributed by atoms with van der Waals surface area (Å²) >= 11 is 0. The van der Waals surface area contributed by atoms with Crippen LogP contribution in [0.15, 0.2) is 36.4 Å². The normalized spacial score (nSPS) is 14.3. The molecule has 0 aromatic heterocycles. The molecule has 0 atom stereocenters. The average Bonchev–Trinajstić information content (AvgIpc) is 2.79. The molecule has 0 radical (unpaired) electrons. The summed E-state index contributed by atoms with van der Waals surface area (Å²) in [6, 6.07) is 11.4. The Morgan fingerprint density at radius 2 is 1.61 bits per heavy atom. The Kier molecular flexibility index (Phi) is 7.52. The third-order valence-corrected chi connectivity index (χ3v) is 5.70. The van der Waals surface area contributed by atoms with Gasteiger partial charge in [-0.15, -0.1) is 0 Å². The van der Waals surface area contributed by atoms with E-state index >= 15 is 0 Å². The van der Waals surface area contributed by atoms with Crippen molar-refractivity contribution in [1.29, 1.82) is 0 Å². The zero-order valence-electron chi connectivity index (χ0n) is 18.7. The third kappa shape index (κ3) is 5.35. The predicted molar refractivity (Wildman–Crippen MR) is 121 cm³/mol. The molecular formula is C24H31N3O4. The summed E-state index contributed by atoms with van der Waals surface area (Å²) in [6.07, 6.45) is 0.867. The highest BCUT2D eigenvalue weighted by Crippen LogP contribution is 2.30. The number of piperazine rings is 1. The van der Waals surface area contributed by atoms with Gasteiger partial charge in [-0.05, 0) is 37.1 Å². The first kappa shape index (κ1) is 22.6.